The van der Waals surface area contributed by atoms with Crippen molar-refractivity contribution >= 4 is 6.34 Å². The van der Waals surface area contributed by atoms with Crippen molar-refractivity contribution in [2.75, 3.05) is 6.54 Å². The molecule has 0 bridgehead atoms. The van der Waals surface area contributed by atoms with Crippen LogP contribution in [-0.4, -0.2) is 22.9 Å². The van der Waals surface area contributed by atoms with Gasteiger partial charge in [-0.2, -0.15) is 0 Å². The van der Waals surface area contributed by atoms with Gasteiger partial charge in [-0.25, -0.2) is 10.8 Å². The highest BCUT2D eigenvalue weighted by Crippen LogP contribution is 2.22. The van der Waals surface area contributed by atoms with E-state index < -0.39 is 0 Å². The van der Waals surface area contributed by atoms with Gasteiger partial charge in [-0.1, -0.05) is 30.3 Å². The van der Waals surface area contributed by atoms with E-state index in [4.69, 9.17) is 5.84 Å². The summed E-state index contributed by atoms with van der Waals surface area (Å²) in [5.41, 5.74) is 6.44. The zero-order chi connectivity index (χ0) is 12.4. The van der Waals surface area contributed by atoms with Crippen molar-refractivity contribution in [1.82, 2.24) is 15.4 Å². The molecule has 5 heteroatoms. The molecule has 0 radical (unpaired) electrons. The summed E-state index contributed by atoms with van der Waals surface area (Å²) < 4.78 is 0. The molecule has 3 rings (SSSR count). The van der Waals surface area contributed by atoms with Gasteiger partial charge in [0.1, 0.15) is 17.7 Å². The minimum absolute atomic E-state index is 0.874. The number of hydrogen-bond donors (Lipinski definition) is 2. The number of nitrogens with one attached hydrogen (secondary N) is 1. The molecule has 92 valence electrons. The highest BCUT2D eigenvalue weighted by Gasteiger charge is 2.22. The van der Waals surface area contributed by atoms with Crippen LogP contribution in [0.25, 0.3) is 0 Å². The molecule has 18 heavy (non-hydrogen) atoms. The summed E-state index contributed by atoms with van der Waals surface area (Å²) in [5.74, 6) is 5.69. The van der Waals surface area contributed by atoms with Gasteiger partial charge in [0.2, 0.25) is 0 Å². The minimum atomic E-state index is 0.874. The number of benzene rings is 1. The normalized spacial score (nSPS) is 17.2. The van der Waals surface area contributed by atoms with Crippen molar-refractivity contribution in [3.05, 3.63) is 59.7 Å². The molecule has 0 saturated carbocycles. The van der Waals surface area contributed by atoms with Crippen LogP contribution in [0.15, 0.2) is 59.1 Å². The quantitative estimate of drug-likeness (QED) is 0.774. The largest absolute Gasteiger partial charge is 0.303 e. The van der Waals surface area contributed by atoms with Crippen molar-refractivity contribution in [3.8, 4) is 0 Å². The molecule has 1 aromatic carbocycles. The second kappa shape index (κ2) is 4.54. The van der Waals surface area contributed by atoms with E-state index in [0.717, 1.165) is 24.4 Å². The Bertz CT molecular complexity index is 517. The van der Waals surface area contributed by atoms with E-state index in [9.17, 15) is 0 Å². The first kappa shape index (κ1) is 10.9. The second-order valence-electron chi connectivity index (χ2n) is 4.25. The molecule has 5 nitrogen and oxygen atoms in total. The SMILES string of the molecule is NN1C=NC2=CNN(CCc3ccccc3)C2=C1. The third-order valence-electron chi connectivity index (χ3n) is 2.98. The number of rotatable bonds is 3. The number of hydrogen-bond acceptors (Lipinski definition) is 5. The Morgan fingerprint density at radius 3 is 2.89 bits per heavy atom. The van der Waals surface area contributed by atoms with Crippen molar-refractivity contribution < 1.29 is 0 Å². The molecular formula is C13H15N5. The van der Waals surface area contributed by atoms with Crippen LogP contribution in [0.1, 0.15) is 5.56 Å². The fourth-order valence-corrected chi connectivity index (χ4v) is 2.03. The van der Waals surface area contributed by atoms with Crippen LogP contribution in [0.5, 0.6) is 0 Å². The molecule has 0 unspecified atom stereocenters. The molecule has 1 aromatic rings. The van der Waals surface area contributed by atoms with Gasteiger partial charge < -0.3 is 5.43 Å². The van der Waals surface area contributed by atoms with E-state index >= 15 is 0 Å². The van der Waals surface area contributed by atoms with Gasteiger partial charge in [-0.15, -0.1) is 0 Å². The summed E-state index contributed by atoms with van der Waals surface area (Å²) in [6, 6.07) is 10.4. The van der Waals surface area contributed by atoms with Crippen LogP contribution in [0, 0.1) is 0 Å². The Morgan fingerprint density at radius 2 is 2.06 bits per heavy atom. The zero-order valence-electron chi connectivity index (χ0n) is 9.95. The van der Waals surface area contributed by atoms with Crippen LogP contribution < -0.4 is 11.3 Å². The Hall–Kier alpha value is -2.27. The number of hydrazine groups is 2. The Kier molecular flexibility index (Phi) is 2.74. The monoisotopic (exact) mass is 241 g/mol. The van der Waals surface area contributed by atoms with Gasteiger partial charge in [0, 0.05) is 18.9 Å². The van der Waals surface area contributed by atoms with Gasteiger partial charge in [0.25, 0.3) is 0 Å². The Labute approximate surface area is 106 Å². The first-order valence-corrected chi connectivity index (χ1v) is 5.90. The first-order chi connectivity index (χ1) is 8.83. The third kappa shape index (κ3) is 2.08. The number of nitrogens with two attached hydrogens (primary N) is 1. The van der Waals surface area contributed by atoms with Gasteiger partial charge in [-0.05, 0) is 12.0 Å². The van der Waals surface area contributed by atoms with Crippen LogP contribution >= 0.6 is 0 Å². The van der Waals surface area contributed by atoms with Crippen LogP contribution in [0.4, 0.5) is 0 Å². The lowest BCUT2D eigenvalue weighted by atomic mass is 10.1. The number of fused-ring (bicyclic) bond motifs is 1. The third-order valence-corrected chi connectivity index (χ3v) is 2.98. The van der Waals surface area contributed by atoms with E-state index in [2.05, 4.69) is 39.7 Å². The summed E-state index contributed by atoms with van der Waals surface area (Å²) in [6.45, 7) is 0.874. The van der Waals surface area contributed by atoms with Gasteiger partial charge in [0.15, 0.2) is 0 Å². The molecule has 0 atom stereocenters. The fourth-order valence-electron chi connectivity index (χ4n) is 2.03. The van der Waals surface area contributed by atoms with Crippen molar-refractivity contribution in [1.29, 1.82) is 0 Å². The summed E-state index contributed by atoms with van der Waals surface area (Å²) in [7, 11) is 0. The average molecular weight is 241 g/mol. The highest BCUT2D eigenvalue weighted by atomic mass is 15.5. The number of nitrogens with zero attached hydrogens (tertiary/aromatic N) is 3. The van der Waals surface area contributed by atoms with Gasteiger partial charge in [0.05, 0.1) is 0 Å². The molecule has 2 aliphatic rings. The first-order valence-electron chi connectivity index (χ1n) is 5.90. The van der Waals surface area contributed by atoms with Crippen molar-refractivity contribution in [3.63, 3.8) is 0 Å². The summed E-state index contributed by atoms with van der Waals surface area (Å²) in [5, 5.41) is 3.52. The summed E-state index contributed by atoms with van der Waals surface area (Å²) in [4.78, 5) is 4.24. The highest BCUT2D eigenvalue weighted by molar-refractivity contribution is 5.62. The standard InChI is InChI=1S/C13H15N5/c14-17-9-13-12(15-10-17)8-16-18(13)7-6-11-4-2-1-3-5-11/h1-5,8-10,16H,6-7,14H2. The molecule has 0 saturated heterocycles. The van der Waals surface area contributed by atoms with Crippen LogP contribution in [-0.2, 0) is 6.42 Å². The minimum Gasteiger partial charge on any atom is -0.303 e. The van der Waals surface area contributed by atoms with E-state index in [1.165, 1.54) is 10.6 Å². The molecule has 0 spiro atoms. The lowest BCUT2D eigenvalue weighted by molar-refractivity contribution is 0.309. The predicted molar refractivity (Wildman–Crippen MR) is 70.7 cm³/mol. The van der Waals surface area contributed by atoms with Crippen molar-refractivity contribution in [2.45, 2.75) is 6.42 Å². The molecule has 0 amide bonds. The predicted octanol–water partition coefficient (Wildman–Crippen LogP) is 0.950. The Morgan fingerprint density at radius 1 is 1.22 bits per heavy atom. The topological polar surface area (TPSA) is 56.9 Å². The fraction of sp³-hybridized carbons (Fsp3) is 0.154. The van der Waals surface area contributed by atoms with Gasteiger partial charge >= 0.3 is 0 Å². The molecule has 0 aliphatic carbocycles. The Balaban J connectivity index is 1.66. The molecule has 3 N–H and O–H groups in total. The molecule has 2 heterocycles. The lowest BCUT2D eigenvalue weighted by Gasteiger charge is -2.23. The van der Waals surface area contributed by atoms with Gasteiger partial charge in [-0.3, -0.25) is 10.0 Å². The summed E-state index contributed by atoms with van der Waals surface area (Å²) in [6.07, 6.45) is 6.32. The van der Waals surface area contributed by atoms with E-state index in [0.29, 0.717) is 0 Å². The zero-order valence-corrected chi connectivity index (χ0v) is 9.95. The molecular weight excluding hydrogens is 226 g/mol. The molecule has 0 aromatic heterocycles. The van der Waals surface area contributed by atoms with Crippen LogP contribution in [0.3, 0.4) is 0 Å². The maximum atomic E-state index is 5.69. The van der Waals surface area contributed by atoms with E-state index in [1.807, 2.05) is 18.5 Å². The van der Waals surface area contributed by atoms with Crippen molar-refractivity contribution in [2.24, 2.45) is 10.8 Å². The maximum Gasteiger partial charge on any atom is 0.110 e. The van der Waals surface area contributed by atoms with E-state index in [1.54, 1.807) is 6.34 Å². The van der Waals surface area contributed by atoms with E-state index in [-0.39, 0.29) is 0 Å². The average Bonchev–Trinajstić information content (AvgIpc) is 2.80. The maximum absolute atomic E-state index is 5.69. The van der Waals surface area contributed by atoms with Crippen LogP contribution in [0.2, 0.25) is 0 Å². The summed E-state index contributed by atoms with van der Waals surface area (Å²) >= 11 is 0. The molecule has 2 aliphatic heterocycles. The lowest BCUT2D eigenvalue weighted by Crippen LogP contribution is -2.34. The number of aliphatic imine (C=N–C) groups is 1. The molecule has 0 fully saturated rings. The second-order valence-corrected chi connectivity index (χ2v) is 4.25. The smallest absolute Gasteiger partial charge is 0.110 e.